The van der Waals surface area contributed by atoms with Crippen molar-refractivity contribution in [3.8, 4) is 0 Å². The van der Waals surface area contributed by atoms with Crippen LogP contribution in [0.1, 0.15) is 40.0 Å². The third-order valence-electron chi connectivity index (χ3n) is 3.69. The third-order valence-corrected chi connectivity index (χ3v) is 3.69. The van der Waals surface area contributed by atoms with E-state index in [1.54, 1.807) is 6.92 Å². The number of piperidine rings is 1. The smallest absolute Gasteiger partial charge is 0.159 e. The van der Waals surface area contributed by atoms with Gasteiger partial charge in [-0.3, -0.25) is 9.69 Å². The van der Waals surface area contributed by atoms with Crippen molar-refractivity contribution in [2.24, 2.45) is 5.92 Å². The van der Waals surface area contributed by atoms with Gasteiger partial charge in [0.2, 0.25) is 0 Å². The average Bonchev–Trinajstić information content (AvgIpc) is 2.55. The van der Waals surface area contributed by atoms with Crippen molar-refractivity contribution >= 4 is 5.78 Å². The van der Waals surface area contributed by atoms with Crippen molar-refractivity contribution < 1.29 is 9.53 Å². The molecular weight excluding hydrogens is 202 g/mol. The van der Waals surface area contributed by atoms with Gasteiger partial charge >= 0.3 is 0 Å². The molecule has 0 aromatic rings. The number of nitrogens with zero attached hydrogens (tertiary/aromatic N) is 1. The van der Waals surface area contributed by atoms with Crippen LogP contribution in [0.3, 0.4) is 0 Å². The van der Waals surface area contributed by atoms with Crippen LogP contribution in [0.2, 0.25) is 0 Å². The van der Waals surface area contributed by atoms with Gasteiger partial charge in [0.05, 0.1) is 0 Å². The Labute approximate surface area is 97.5 Å². The first-order valence-corrected chi connectivity index (χ1v) is 6.23. The fourth-order valence-corrected chi connectivity index (χ4v) is 2.94. The van der Waals surface area contributed by atoms with Crippen molar-refractivity contribution in [3.63, 3.8) is 0 Å². The highest BCUT2D eigenvalue weighted by Crippen LogP contribution is 2.34. The predicted molar refractivity (Wildman–Crippen MR) is 62.8 cm³/mol. The van der Waals surface area contributed by atoms with E-state index in [1.165, 1.54) is 19.3 Å². The molecule has 0 bridgehead atoms. The van der Waals surface area contributed by atoms with Crippen molar-refractivity contribution in [2.45, 2.75) is 46.3 Å². The second-order valence-corrected chi connectivity index (χ2v) is 4.92. The predicted octanol–water partition coefficient (Wildman–Crippen LogP) is 2.33. The Morgan fingerprint density at radius 3 is 2.44 bits per heavy atom. The van der Waals surface area contributed by atoms with Crippen LogP contribution in [0, 0.1) is 5.92 Å². The lowest BCUT2D eigenvalue weighted by atomic mass is 9.96. The number of carbonyl (C=O) groups is 1. The Morgan fingerprint density at radius 1 is 1.31 bits per heavy atom. The molecule has 2 rings (SSSR count). The average molecular weight is 223 g/mol. The van der Waals surface area contributed by atoms with Gasteiger partial charge in [-0.15, -0.1) is 0 Å². The molecule has 0 N–H and O–H groups in total. The number of hydrogen-bond donors (Lipinski definition) is 0. The lowest BCUT2D eigenvalue weighted by Gasteiger charge is -2.34. The topological polar surface area (TPSA) is 29.5 Å². The Morgan fingerprint density at radius 2 is 1.94 bits per heavy atom. The van der Waals surface area contributed by atoms with Gasteiger partial charge in [0.1, 0.15) is 5.76 Å². The zero-order chi connectivity index (χ0) is 11.7. The maximum Gasteiger partial charge on any atom is 0.159 e. The summed E-state index contributed by atoms with van der Waals surface area (Å²) >= 11 is 0. The van der Waals surface area contributed by atoms with Gasteiger partial charge in [0.15, 0.2) is 12.0 Å². The number of likely N-dealkylation sites (tertiary alicyclic amines) is 1. The van der Waals surface area contributed by atoms with E-state index in [2.05, 4.69) is 11.8 Å². The fraction of sp³-hybridized carbons (Fsp3) is 0.769. The lowest BCUT2D eigenvalue weighted by Crippen LogP contribution is -2.42. The van der Waals surface area contributed by atoms with Crippen LogP contribution in [-0.4, -0.2) is 30.0 Å². The second kappa shape index (κ2) is 4.58. The zero-order valence-corrected chi connectivity index (χ0v) is 10.5. The molecule has 2 atom stereocenters. The molecule has 2 aliphatic heterocycles. The molecular formula is C13H21NO2. The van der Waals surface area contributed by atoms with E-state index in [4.69, 9.17) is 4.74 Å². The highest BCUT2D eigenvalue weighted by atomic mass is 16.5. The van der Waals surface area contributed by atoms with Gasteiger partial charge in [-0.05, 0) is 26.7 Å². The van der Waals surface area contributed by atoms with Gasteiger partial charge in [0, 0.05) is 24.6 Å². The van der Waals surface area contributed by atoms with E-state index >= 15 is 0 Å². The quantitative estimate of drug-likeness (QED) is 0.719. The van der Waals surface area contributed by atoms with E-state index in [-0.39, 0.29) is 17.9 Å². The molecule has 0 spiro atoms. The van der Waals surface area contributed by atoms with E-state index in [1.807, 2.05) is 6.92 Å². The third kappa shape index (κ3) is 2.01. The number of allylic oxidation sites excluding steroid dienone is 1. The number of ketones is 1. The Bertz CT molecular complexity index is 316. The lowest BCUT2D eigenvalue weighted by molar-refractivity contribution is -0.114. The first kappa shape index (κ1) is 11.6. The maximum atomic E-state index is 11.5. The fourth-order valence-electron chi connectivity index (χ4n) is 2.94. The first-order chi connectivity index (χ1) is 7.61. The molecule has 2 aliphatic rings. The molecule has 3 nitrogen and oxygen atoms in total. The van der Waals surface area contributed by atoms with Gasteiger partial charge in [0.25, 0.3) is 0 Å². The maximum absolute atomic E-state index is 11.5. The van der Waals surface area contributed by atoms with Crippen LogP contribution in [-0.2, 0) is 9.53 Å². The van der Waals surface area contributed by atoms with Crippen LogP contribution in [0.25, 0.3) is 0 Å². The summed E-state index contributed by atoms with van der Waals surface area (Å²) in [7, 11) is 0. The molecule has 0 saturated carbocycles. The molecule has 1 fully saturated rings. The molecule has 0 aliphatic carbocycles. The minimum absolute atomic E-state index is 0.0965. The van der Waals surface area contributed by atoms with Crippen molar-refractivity contribution in [2.75, 3.05) is 13.1 Å². The van der Waals surface area contributed by atoms with Gasteiger partial charge in [-0.25, -0.2) is 0 Å². The number of rotatable bonds is 2. The molecule has 90 valence electrons. The van der Waals surface area contributed by atoms with E-state index in [0.717, 1.165) is 24.4 Å². The van der Waals surface area contributed by atoms with Crippen LogP contribution in [0.4, 0.5) is 0 Å². The Hall–Kier alpha value is -0.830. The molecule has 0 aromatic heterocycles. The van der Waals surface area contributed by atoms with Crippen LogP contribution < -0.4 is 0 Å². The minimum Gasteiger partial charge on any atom is -0.479 e. The summed E-state index contributed by atoms with van der Waals surface area (Å²) in [6, 6.07) is 0. The number of hydrogen-bond acceptors (Lipinski definition) is 3. The highest BCUT2D eigenvalue weighted by molar-refractivity contribution is 5.94. The molecule has 0 amide bonds. The summed E-state index contributed by atoms with van der Waals surface area (Å²) in [4.78, 5) is 13.9. The first-order valence-electron chi connectivity index (χ1n) is 6.23. The monoisotopic (exact) mass is 223 g/mol. The summed E-state index contributed by atoms with van der Waals surface area (Å²) in [6.45, 7) is 7.86. The zero-order valence-electron chi connectivity index (χ0n) is 10.5. The standard InChI is InChI=1S/C13H21NO2/c1-9-12(10(2)15)11(3)16-13(9)14-7-5-4-6-8-14/h9,13H,4-8H2,1-3H3. The van der Waals surface area contributed by atoms with Gasteiger partial charge < -0.3 is 4.74 Å². The number of ether oxygens (including phenoxy) is 1. The van der Waals surface area contributed by atoms with Crippen LogP contribution in [0.15, 0.2) is 11.3 Å². The van der Waals surface area contributed by atoms with Crippen molar-refractivity contribution in [1.29, 1.82) is 0 Å². The van der Waals surface area contributed by atoms with Crippen LogP contribution in [0.5, 0.6) is 0 Å². The van der Waals surface area contributed by atoms with E-state index in [0.29, 0.717) is 0 Å². The van der Waals surface area contributed by atoms with Gasteiger partial charge in [-0.1, -0.05) is 13.3 Å². The molecule has 16 heavy (non-hydrogen) atoms. The van der Waals surface area contributed by atoms with E-state index in [9.17, 15) is 4.79 Å². The largest absolute Gasteiger partial charge is 0.479 e. The summed E-state index contributed by atoms with van der Waals surface area (Å²) < 4.78 is 5.87. The molecule has 0 aromatic carbocycles. The molecule has 0 radical (unpaired) electrons. The molecule has 3 heteroatoms. The van der Waals surface area contributed by atoms with Crippen molar-refractivity contribution in [3.05, 3.63) is 11.3 Å². The Kier molecular flexibility index (Phi) is 3.33. The molecule has 2 unspecified atom stereocenters. The molecule has 2 heterocycles. The van der Waals surface area contributed by atoms with Crippen LogP contribution >= 0.6 is 0 Å². The van der Waals surface area contributed by atoms with Crippen molar-refractivity contribution in [1.82, 2.24) is 4.90 Å². The Balaban J connectivity index is 2.08. The number of carbonyl (C=O) groups excluding carboxylic acids is 1. The summed E-state index contributed by atoms with van der Waals surface area (Å²) in [5, 5.41) is 0. The SMILES string of the molecule is CC(=O)C1=C(C)OC(N2CCCCC2)C1C. The number of Topliss-reactive ketones (excluding diaryl/α,β-unsaturated/α-hetero) is 1. The molecule has 1 saturated heterocycles. The summed E-state index contributed by atoms with van der Waals surface area (Å²) in [5.41, 5.74) is 0.885. The normalized spacial score (nSPS) is 31.7. The minimum atomic E-state index is 0.0965. The highest BCUT2D eigenvalue weighted by Gasteiger charge is 2.37. The summed E-state index contributed by atoms with van der Waals surface area (Å²) in [5.74, 6) is 1.20. The summed E-state index contributed by atoms with van der Waals surface area (Å²) in [6.07, 6.45) is 3.92. The second-order valence-electron chi connectivity index (χ2n) is 4.92. The van der Waals surface area contributed by atoms with E-state index < -0.39 is 0 Å². The van der Waals surface area contributed by atoms with Gasteiger partial charge in [-0.2, -0.15) is 0 Å².